The number of ether oxygens (including phenoxy) is 1. The second-order valence-electron chi connectivity index (χ2n) is 6.41. The maximum atomic E-state index is 14.2. The normalized spacial score (nSPS) is 15.5. The van der Waals surface area contributed by atoms with Crippen molar-refractivity contribution in [2.45, 2.75) is 24.4 Å². The van der Waals surface area contributed by atoms with Crippen molar-refractivity contribution in [2.75, 3.05) is 14.1 Å². The van der Waals surface area contributed by atoms with Gasteiger partial charge in [-0.2, -0.15) is 13.2 Å². The summed E-state index contributed by atoms with van der Waals surface area (Å²) in [5.41, 5.74) is -1.72. The third kappa shape index (κ3) is 3.23. The van der Waals surface area contributed by atoms with Gasteiger partial charge in [0.05, 0.1) is 11.0 Å². The van der Waals surface area contributed by atoms with E-state index in [2.05, 4.69) is 4.98 Å². The van der Waals surface area contributed by atoms with Crippen molar-refractivity contribution < 1.29 is 27.1 Å². The van der Waals surface area contributed by atoms with Crippen LogP contribution in [-0.4, -0.2) is 36.1 Å². The summed E-state index contributed by atoms with van der Waals surface area (Å²) in [6.07, 6.45) is -3.21. The average molecular weight is 368 g/mol. The Morgan fingerprint density at radius 1 is 1.19 bits per heavy atom. The largest absolute Gasteiger partial charge is 0.436 e. The fourth-order valence-electron chi connectivity index (χ4n) is 2.68. The van der Waals surface area contributed by atoms with Crippen LogP contribution in [0.4, 0.5) is 17.6 Å². The molecule has 1 aromatic carbocycles. The van der Waals surface area contributed by atoms with Crippen LogP contribution < -0.4 is 4.74 Å². The highest BCUT2D eigenvalue weighted by molar-refractivity contribution is 5.93. The molecule has 0 aliphatic heterocycles. The monoisotopic (exact) mass is 368 g/mol. The number of hydrogen-bond acceptors (Lipinski definition) is 3. The summed E-state index contributed by atoms with van der Waals surface area (Å²) in [6.45, 7) is 0. The van der Waals surface area contributed by atoms with Gasteiger partial charge in [-0.05, 0) is 36.6 Å². The molecule has 0 spiro atoms. The standard InChI is InChI=1S/C18H16F4N2O2/c1-24(2)16(25)11-3-6-15(23-10-11)26-14-5-4-12(9-13(14)19)17(7-8-17)18(20,21)22/h3-6,9-10H,7-8H2,1-2H3. The molecule has 0 bridgehead atoms. The highest BCUT2D eigenvalue weighted by atomic mass is 19.4. The maximum Gasteiger partial charge on any atom is 0.398 e. The quantitative estimate of drug-likeness (QED) is 0.756. The number of nitrogens with zero attached hydrogens (tertiary/aromatic N) is 2. The Morgan fingerprint density at radius 2 is 1.88 bits per heavy atom. The lowest BCUT2D eigenvalue weighted by Gasteiger charge is -2.20. The predicted octanol–water partition coefficient (Wildman–Crippen LogP) is 4.31. The first-order valence-electron chi connectivity index (χ1n) is 7.86. The van der Waals surface area contributed by atoms with E-state index in [0.29, 0.717) is 5.56 Å². The highest BCUT2D eigenvalue weighted by Crippen LogP contribution is 2.59. The van der Waals surface area contributed by atoms with E-state index in [9.17, 15) is 22.4 Å². The molecule has 0 N–H and O–H groups in total. The van der Waals surface area contributed by atoms with E-state index in [1.165, 1.54) is 29.3 Å². The Balaban J connectivity index is 1.78. The van der Waals surface area contributed by atoms with Crippen LogP contribution in [0.1, 0.15) is 28.8 Å². The van der Waals surface area contributed by atoms with Gasteiger partial charge in [0.25, 0.3) is 5.91 Å². The lowest BCUT2D eigenvalue weighted by Crippen LogP contribution is -2.28. The molecule has 1 amide bonds. The molecular weight excluding hydrogens is 352 g/mol. The van der Waals surface area contributed by atoms with Crippen molar-refractivity contribution in [2.24, 2.45) is 0 Å². The average Bonchev–Trinajstić information content (AvgIpc) is 3.38. The second kappa shape index (κ2) is 6.26. The zero-order valence-electron chi connectivity index (χ0n) is 14.1. The minimum atomic E-state index is -4.40. The molecule has 0 unspecified atom stereocenters. The molecule has 0 atom stereocenters. The molecule has 138 valence electrons. The molecule has 1 fully saturated rings. The summed E-state index contributed by atoms with van der Waals surface area (Å²) in [4.78, 5) is 17.1. The number of halogens is 4. The Kier molecular flexibility index (Phi) is 4.37. The topological polar surface area (TPSA) is 42.4 Å². The van der Waals surface area contributed by atoms with Gasteiger partial charge in [-0.3, -0.25) is 4.79 Å². The lowest BCUT2D eigenvalue weighted by atomic mass is 9.95. The SMILES string of the molecule is CN(C)C(=O)c1ccc(Oc2ccc(C3(C(F)(F)F)CC3)cc2F)nc1. The van der Waals surface area contributed by atoms with E-state index in [1.54, 1.807) is 14.1 Å². The summed E-state index contributed by atoms with van der Waals surface area (Å²) >= 11 is 0. The Hall–Kier alpha value is -2.64. The molecule has 3 rings (SSSR count). The van der Waals surface area contributed by atoms with Crippen LogP contribution in [0.15, 0.2) is 36.5 Å². The first kappa shape index (κ1) is 18.2. The summed E-state index contributed by atoms with van der Waals surface area (Å²) in [5.74, 6) is -1.34. The minimum absolute atomic E-state index is 0.0314. The Labute approximate surface area is 147 Å². The number of rotatable bonds is 4. The first-order chi connectivity index (χ1) is 12.1. The van der Waals surface area contributed by atoms with Crippen molar-refractivity contribution in [1.82, 2.24) is 9.88 Å². The molecule has 26 heavy (non-hydrogen) atoms. The molecular formula is C18H16F4N2O2. The third-order valence-corrected chi connectivity index (χ3v) is 4.38. The molecule has 1 saturated carbocycles. The van der Waals surface area contributed by atoms with E-state index in [0.717, 1.165) is 12.1 Å². The fraction of sp³-hybridized carbons (Fsp3) is 0.333. The predicted molar refractivity (Wildman–Crippen MR) is 85.7 cm³/mol. The molecule has 1 aromatic heterocycles. The molecule has 1 aliphatic carbocycles. The molecule has 4 nitrogen and oxygen atoms in total. The van der Waals surface area contributed by atoms with E-state index >= 15 is 0 Å². The number of amides is 1. The van der Waals surface area contributed by atoms with Crippen molar-refractivity contribution in [3.63, 3.8) is 0 Å². The summed E-state index contributed by atoms with van der Waals surface area (Å²) in [6, 6.07) is 6.11. The van der Waals surface area contributed by atoms with Gasteiger partial charge in [0.15, 0.2) is 11.6 Å². The molecule has 1 heterocycles. The van der Waals surface area contributed by atoms with Gasteiger partial charge in [-0.1, -0.05) is 6.07 Å². The van der Waals surface area contributed by atoms with Gasteiger partial charge in [-0.25, -0.2) is 9.37 Å². The van der Waals surface area contributed by atoms with Gasteiger partial charge < -0.3 is 9.64 Å². The van der Waals surface area contributed by atoms with Crippen LogP contribution in [0.3, 0.4) is 0 Å². The molecule has 0 radical (unpaired) electrons. The van der Waals surface area contributed by atoms with Crippen molar-refractivity contribution in [3.05, 3.63) is 53.5 Å². The summed E-state index contributed by atoms with van der Waals surface area (Å²) < 4.78 is 58.9. The number of carbonyl (C=O) groups is 1. The molecule has 1 aliphatic rings. The first-order valence-corrected chi connectivity index (χ1v) is 7.86. The van der Waals surface area contributed by atoms with E-state index in [1.807, 2.05) is 0 Å². The highest BCUT2D eigenvalue weighted by Gasteiger charge is 2.64. The summed E-state index contributed by atoms with van der Waals surface area (Å²) in [7, 11) is 3.19. The van der Waals surface area contributed by atoms with Crippen LogP contribution in [0.2, 0.25) is 0 Å². The number of pyridine rings is 1. The van der Waals surface area contributed by atoms with Gasteiger partial charge in [0, 0.05) is 26.4 Å². The molecule has 0 saturated heterocycles. The van der Waals surface area contributed by atoms with Crippen LogP contribution in [0.5, 0.6) is 11.6 Å². The van der Waals surface area contributed by atoms with Crippen LogP contribution >= 0.6 is 0 Å². The third-order valence-electron chi connectivity index (χ3n) is 4.38. The van der Waals surface area contributed by atoms with Crippen LogP contribution in [0, 0.1) is 5.82 Å². The Bertz CT molecular complexity index is 828. The smallest absolute Gasteiger partial charge is 0.398 e. The molecule has 2 aromatic rings. The maximum absolute atomic E-state index is 14.2. The number of hydrogen-bond donors (Lipinski definition) is 0. The van der Waals surface area contributed by atoms with Gasteiger partial charge in [0.2, 0.25) is 5.88 Å². The Morgan fingerprint density at radius 3 is 2.35 bits per heavy atom. The zero-order valence-corrected chi connectivity index (χ0v) is 14.1. The van der Waals surface area contributed by atoms with Gasteiger partial charge in [-0.15, -0.1) is 0 Å². The minimum Gasteiger partial charge on any atom is -0.436 e. The number of benzene rings is 1. The number of alkyl halides is 3. The van der Waals surface area contributed by atoms with Crippen molar-refractivity contribution >= 4 is 5.91 Å². The van der Waals surface area contributed by atoms with E-state index in [-0.39, 0.29) is 35.9 Å². The zero-order chi connectivity index (χ0) is 19.1. The van der Waals surface area contributed by atoms with Crippen molar-refractivity contribution in [1.29, 1.82) is 0 Å². The fourth-order valence-corrected chi connectivity index (χ4v) is 2.68. The second-order valence-corrected chi connectivity index (χ2v) is 6.41. The molecule has 8 heteroatoms. The lowest BCUT2D eigenvalue weighted by molar-refractivity contribution is -0.160. The number of aromatic nitrogens is 1. The van der Waals surface area contributed by atoms with E-state index < -0.39 is 17.4 Å². The van der Waals surface area contributed by atoms with Gasteiger partial charge >= 0.3 is 6.18 Å². The van der Waals surface area contributed by atoms with Crippen molar-refractivity contribution in [3.8, 4) is 11.6 Å². The number of carbonyl (C=O) groups excluding carboxylic acids is 1. The summed E-state index contributed by atoms with van der Waals surface area (Å²) in [5, 5.41) is 0. The van der Waals surface area contributed by atoms with E-state index in [4.69, 9.17) is 4.74 Å². The van der Waals surface area contributed by atoms with Crippen LogP contribution in [-0.2, 0) is 5.41 Å². The van der Waals surface area contributed by atoms with Crippen LogP contribution in [0.25, 0.3) is 0 Å². The van der Waals surface area contributed by atoms with Gasteiger partial charge in [0.1, 0.15) is 0 Å².